The third-order valence-electron chi connectivity index (χ3n) is 3.73. The highest BCUT2D eigenvalue weighted by atomic mass is 16.6. The second-order valence-electron chi connectivity index (χ2n) is 7.23. The molecular weight excluding hydrogens is 292 g/mol. The van der Waals surface area contributed by atoms with Gasteiger partial charge in [-0.05, 0) is 46.6 Å². The minimum absolute atomic E-state index is 0.0570. The molecule has 1 N–H and O–H groups in total. The largest absolute Gasteiger partial charge is 0.444 e. The number of rotatable bonds is 5. The minimum Gasteiger partial charge on any atom is -0.444 e. The van der Waals surface area contributed by atoms with Crippen LogP contribution in [0.2, 0.25) is 0 Å². The molecule has 1 aliphatic carbocycles. The van der Waals surface area contributed by atoms with Crippen LogP contribution >= 0.6 is 0 Å². The van der Waals surface area contributed by atoms with Crippen molar-refractivity contribution in [3.63, 3.8) is 0 Å². The lowest BCUT2D eigenvalue weighted by molar-refractivity contribution is -0.129. The molecule has 0 aromatic rings. The second kappa shape index (κ2) is 8.18. The van der Waals surface area contributed by atoms with Crippen LogP contribution in [0, 0.1) is 0 Å². The Bertz CT molecular complexity index is 465. The van der Waals surface area contributed by atoms with Gasteiger partial charge in [0.1, 0.15) is 5.60 Å². The van der Waals surface area contributed by atoms with E-state index in [0.717, 1.165) is 31.3 Å². The first-order valence-corrected chi connectivity index (χ1v) is 8.21. The molecule has 5 heteroatoms. The highest BCUT2D eigenvalue weighted by Crippen LogP contribution is 2.25. The highest BCUT2D eigenvalue weighted by molar-refractivity contribution is 5.87. The molecular formula is C18H30N2O3. The molecule has 0 spiro atoms. The van der Waals surface area contributed by atoms with Gasteiger partial charge in [-0.25, -0.2) is 4.79 Å². The first-order chi connectivity index (χ1) is 10.6. The number of nitrogens with zero attached hydrogens (tertiary/aromatic N) is 1. The number of amides is 2. The zero-order chi connectivity index (χ0) is 17.6. The number of nitrogens with one attached hydrogen (secondary N) is 1. The van der Waals surface area contributed by atoms with Crippen molar-refractivity contribution in [1.82, 2.24) is 10.2 Å². The summed E-state index contributed by atoms with van der Waals surface area (Å²) in [7, 11) is 0. The molecule has 1 saturated carbocycles. The van der Waals surface area contributed by atoms with E-state index in [1.165, 1.54) is 6.08 Å². The normalized spacial score (nSPS) is 21.2. The third kappa shape index (κ3) is 6.47. The maximum absolute atomic E-state index is 12.2. The third-order valence-corrected chi connectivity index (χ3v) is 3.73. The summed E-state index contributed by atoms with van der Waals surface area (Å²) in [6.45, 7) is 15.4. The molecule has 23 heavy (non-hydrogen) atoms. The van der Waals surface area contributed by atoms with Crippen molar-refractivity contribution in [3.8, 4) is 0 Å². The molecule has 2 unspecified atom stereocenters. The van der Waals surface area contributed by atoms with Gasteiger partial charge in [0.25, 0.3) is 0 Å². The summed E-state index contributed by atoms with van der Waals surface area (Å²) in [5, 5.41) is 2.94. The maximum Gasteiger partial charge on any atom is 0.407 e. The molecule has 2 atom stereocenters. The summed E-state index contributed by atoms with van der Waals surface area (Å²) in [5.41, 5.74) is 0.365. The summed E-state index contributed by atoms with van der Waals surface area (Å²) in [5.74, 6) is -0.129. The van der Waals surface area contributed by atoms with Gasteiger partial charge >= 0.3 is 6.09 Å². The molecule has 2 amide bonds. The van der Waals surface area contributed by atoms with Gasteiger partial charge in [-0.3, -0.25) is 4.79 Å². The Morgan fingerprint density at radius 1 is 1.30 bits per heavy atom. The van der Waals surface area contributed by atoms with Crippen LogP contribution in [0.1, 0.15) is 53.4 Å². The molecule has 130 valence electrons. The smallest absolute Gasteiger partial charge is 0.407 e. The Morgan fingerprint density at radius 3 is 2.43 bits per heavy atom. The molecule has 0 radical (unpaired) electrons. The number of carbonyl (C=O) groups excluding carboxylic acids is 2. The highest BCUT2D eigenvalue weighted by Gasteiger charge is 2.34. The van der Waals surface area contributed by atoms with Crippen molar-refractivity contribution < 1.29 is 14.3 Å². The van der Waals surface area contributed by atoms with Gasteiger partial charge in [-0.1, -0.05) is 31.6 Å². The molecule has 1 rings (SSSR count). The summed E-state index contributed by atoms with van der Waals surface area (Å²) in [6.07, 6.45) is 4.64. The fraction of sp³-hybridized carbons (Fsp3) is 0.667. The molecule has 0 aliphatic heterocycles. The summed E-state index contributed by atoms with van der Waals surface area (Å²) in [6, 6.07) is -0.166. The van der Waals surface area contributed by atoms with Crippen molar-refractivity contribution in [2.75, 3.05) is 6.54 Å². The fourth-order valence-electron chi connectivity index (χ4n) is 2.88. The molecule has 1 fully saturated rings. The van der Waals surface area contributed by atoms with Crippen molar-refractivity contribution in [2.24, 2.45) is 0 Å². The van der Waals surface area contributed by atoms with E-state index in [-0.39, 0.29) is 18.0 Å². The van der Waals surface area contributed by atoms with Crippen molar-refractivity contribution in [2.45, 2.75) is 71.1 Å². The Hall–Kier alpha value is -1.78. The quantitative estimate of drug-likeness (QED) is 0.623. The fourth-order valence-corrected chi connectivity index (χ4v) is 2.88. The minimum atomic E-state index is -0.539. The predicted molar refractivity (Wildman–Crippen MR) is 92.1 cm³/mol. The summed E-state index contributed by atoms with van der Waals surface area (Å²) < 4.78 is 5.35. The van der Waals surface area contributed by atoms with E-state index in [1.807, 2.05) is 27.7 Å². The van der Waals surface area contributed by atoms with Gasteiger partial charge < -0.3 is 15.0 Å². The van der Waals surface area contributed by atoms with Gasteiger partial charge in [0.2, 0.25) is 5.91 Å². The standard InChI is InChI=1S/C18H30N2O3/c1-7-16(21)20(12-13(2)3)15-11-9-8-10-14(15)19-17(22)23-18(4,5)6/h7,14-15H,1-2,8-12H2,3-6H3,(H,19,22). The van der Waals surface area contributed by atoms with Crippen LogP contribution in [-0.2, 0) is 9.53 Å². The Balaban J connectivity index is 2.86. The average Bonchev–Trinajstić information content (AvgIpc) is 2.42. The van der Waals surface area contributed by atoms with Crippen molar-refractivity contribution in [3.05, 3.63) is 24.8 Å². The lowest BCUT2D eigenvalue weighted by Gasteiger charge is -2.40. The van der Waals surface area contributed by atoms with E-state index in [9.17, 15) is 9.59 Å². The summed E-state index contributed by atoms with van der Waals surface area (Å²) >= 11 is 0. The first kappa shape index (κ1) is 19.3. The monoisotopic (exact) mass is 322 g/mol. The molecule has 0 aromatic heterocycles. The van der Waals surface area contributed by atoms with Crippen LogP contribution in [0.5, 0.6) is 0 Å². The number of hydrogen-bond donors (Lipinski definition) is 1. The Kier molecular flexibility index (Phi) is 6.85. The van der Waals surface area contributed by atoms with Crippen molar-refractivity contribution in [1.29, 1.82) is 0 Å². The number of carbonyl (C=O) groups is 2. The van der Waals surface area contributed by atoms with Gasteiger partial charge in [0.15, 0.2) is 0 Å². The molecule has 0 saturated heterocycles. The van der Waals surface area contributed by atoms with Crippen LogP contribution in [0.3, 0.4) is 0 Å². The van der Waals surface area contributed by atoms with Crippen LogP contribution < -0.4 is 5.32 Å². The van der Waals surface area contributed by atoms with E-state index >= 15 is 0 Å². The van der Waals surface area contributed by atoms with E-state index < -0.39 is 11.7 Å². The van der Waals surface area contributed by atoms with Gasteiger partial charge in [-0.15, -0.1) is 0 Å². The molecule has 5 nitrogen and oxygen atoms in total. The number of hydrogen-bond acceptors (Lipinski definition) is 3. The van der Waals surface area contributed by atoms with Gasteiger partial charge in [0, 0.05) is 6.54 Å². The predicted octanol–water partition coefficient (Wildman–Crippen LogP) is 3.41. The molecule has 0 heterocycles. The second-order valence-corrected chi connectivity index (χ2v) is 7.23. The van der Waals surface area contributed by atoms with E-state index in [1.54, 1.807) is 4.90 Å². The lowest BCUT2D eigenvalue weighted by Crippen LogP contribution is -2.55. The van der Waals surface area contributed by atoms with Gasteiger partial charge in [0.05, 0.1) is 12.1 Å². The lowest BCUT2D eigenvalue weighted by atomic mass is 9.88. The van der Waals surface area contributed by atoms with Crippen LogP contribution in [0.4, 0.5) is 4.79 Å². The number of alkyl carbamates (subject to hydrolysis) is 1. The zero-order valence-corrected chi connectivity index (χ0v) is 14.9. The first-order valence-electron chi connectivity index (χ1n) is 8.21. The SMILES string of the molecule is C=CC(=O)N(CC(=C)C)C1CCCCC1NC(=O)OC(C)(C)C. The van der Waals surface area contributed by atoms with Crippen LogP contribution in [0.15, 0.2) is 24.8 Å². The van der Waals surface area contributed by atoms with Gasteiger partial charge in [-0.2, -0.15) is 0 Å². The van der Waals surface area contributed by atoms with Crippen LogP contribution in [-0.4, -0.2) is 41.1 Å². The summed E-state index contributed by atoms with van der Waals surface area (Å²) in [4.78, 5) is 26.1. The van der Waals surface area contributed by atoms with E-state index in [2.05, 4.69) is 18.5 Å². The molecule has 0 bridgehead atoms. The molecule has 0 aromatic carbocycles. The Morgan fingerprint density at radius 2 is 1.91 bits per heavy atom. The molecule has 1 aliphatic rings. The number of ether oxygens (including phenoxy) is 1. The van der Waals surface area contributed by atoms with E-state index in [4.69, 9.17) is 4.74 Å². The van der Waals surface area contributed by atoms with Crippen LogP contribution in [0.25, 0.3) is 0 Å². The average molecular weight is 322 g/mol. The van der Waals surface area contributed by atoms with Crippen molar-refractivity contribution >= 4 is 12.0 Å². The van der Waals surface area contributed by atoms with E-state index in [0.29, 0.717) is 6.54 Å². The Labute approximate surface area is 139 Å². The topological polar surface area (TPSA) is 58.6 Å². The maximum atomic E-state index is 12.2. The zero-order valence-electron chi connectivity index (χ0n) is 14.9.